The molecule has 4 rings (SSSR count). The van der Waals surface area contributed by atoms with Gasteiger partial charge in [0.25, 0.3) is 0 Å². The van der Waals surface area contributed by atoms with Crippen LogP contribution in [-0.2, 0) is 22.7 Å². The minimum atomic E-state index is -0.649. The van der Waals surface area contributed by atoms with E-state index in [4.69, 9.17) is 23.2 Å². The third kappa shape index (κ3) is 5.75. The van der Waals surface area contributed by atoms with E-state index in [1.165, 1.54) is 0 Å². The van der Waals surface area contributed by atoms with E-state index < -0.39 is 12.2 Å². The summed E-state index contributed by atoms with van der Waals surface area (Å²) in [5, 5.41) is 7.00. The van der Waals surface area contributed by atoms with Gasteiger partial charge in [-0.05, 0) is 41.7 Å². The van der Waals surface area contributed by atoms with Crippen molar-refractivity contribution < 1.29 is 14.4 Å². The van der Waals surface area contributed by atoms with Crippen LogP contribution in [0.15, 0.2) is 48.5 Å². The van der Waals surface area contributed by atoms with E-state index >= 15 is 0 Å². The lowest BCUT2D eigenvalue weighted by Crippen LogP contribution is -2.75. The van der Waals surface area contributed by atoms with Crippen molar-refractivity contribution in [3.05, 3.63) is 69.7 Å². The lowest BCUT2D eigenvalue weighted by Gasteiger charge is -2.54. The van der Waals surface area contributed by atoms with Gasteiger partial charge < -0.3 is 15.1 Å². The minimum Gasteiger partial charge on any atom is -0.333 e. The van der Waals surface area contributed by atoms with Crippen LogP contribution < -0.4 is 5.32 Å². The van der Waals surface area contributed by atoms with Crippen LogP contribution >= 0.6 is 35.0 Å². The zero-order valence-corrected chi connectivity index (χ0v) is 22.5. The zero-order chi connectivity index (χ0) is 25.8. The van der Waals surface area contributed by atoms with Crippen LogP contribution in [0.4, 0.5) is 4.79 Å². The summed E-state index contributed by atoms with van der Waals surface area (Å²) in [7, 11) is 1.72. The van der Waals surface area contributed by atoms with E-state index in [-0.39, 0.29) is 30.9 Å². The minimum absolute atomic E-state index is 0.0189. The first-order chi connectivity index (χ1) is 17.3. The van der Waals surface area contributed by atoms with Gasteiger partial charge >= 0.3 is 6.03 Å². The Bertz CT molecular complexity index is 1120. The summed E-state index contributed by atoms with van der Waals surface area (Å²) in [5.74, 6) is 0.418. The highest BCUT2D eigenvalue weighted by atomic mass is 35.5. The van der Waals surface area contributed by atoms with Crippen molar-refractivity contribution in [2.75, 3.05) is 32.1 Å². The monoisotopic (exact) mass is 549 g/mol. The Labute approximate surface area is 225 Å². The Morgan fingerprint density at radius 3 is 2.53 bits per heavy atom. The molecule has 2 atom stereocenters. The number of benzene rings is 2. The van der Waals surface area contributed by atoms with Crippen molar-refractivity contribution in [2.45, 2.75) is 31.7 Å². The largest absolute Gasteiger partial charge is 0.334 e. The molecule has 0 radical (unpaired) electrons. The van der Waals surface area contributed by atoms with Gasteiger partial charge in [-0.1, -0.05) is 59.6 Å². The Balaban J connectivity index is 1.61. The molecule has 1 N–H and O–H groups in total. The molecule has 36 heavy (non-hydrogen) atoms. The molecule has 2 heterocycles. The average molecular weight is 551 g/mol. The second-order valence-corrected chi connectivity index (χ2v) is 10.7. The second kappa shape index (κ2) is 11.7. The number of fused-ring (bicyclic) bond motifs is 1. The maximum atomic E-state index is 13.6. The van der Waals surface area contributed by atoms with E-state index in [1.54, 1.807) is 50.8 Å². The van der Waals surface area contributed by atoms with Gasteiger partial charge in [0, 0.05) is 20.1 Å². The van der Waals surface area contributed by atoms with Gasteiger partial charge in [-0.15, -0.1) is 0 Å². The number of carbonyl (C=O) groups excluding carboxylic acids is 3. The number of nitrogens with zero attached hydrogens (tertiary/aromatic N) is 4. The van der Waals surface area contributed by atoms with Crippen molar-refractivity contribution in [1.29, 1.82) is 0 Å². The smallest absolute Gasteiger partial charge is 0.333 e. The first-order valence-electron chi connectivity index (χ1n) is 11.6. The van der Waals surface area contributed by atoms with E-state index in [1.807, 2.05) is 42.7 Å². The molecule has 0 aromatic heterocycles. The number of hydrogen-bond acceptors (Lipinski definition) is 5. The Hall–Kier alpha value is -2.46. The number of hydrogen-bond donors (Lipinski definition) is 1. The molecule has 0 bridgehead atoms. The van der Waals surface area contributed by atoms with E-state index in [2.05, 4.69) is 5.32 Å². The molecule has 2 fully saturated rings. The molecule has 0 spiro atoms. The summed E-state index contributed by atoms with van der Waals surface area (Å²) in [6, 6.07) is 13.9. The van der Waals surface area contributed by atoms with Crippen molar-refractivity contribution in [1.82, 2.24) is 25.1 Å². The molecule has 2 aromatic rings. The number of nitrogens with one attached hydrogen (secondary N) is 1. The fourth-order valence-electron chi connectivity index (χ4n) is 4.67. The Morgan fingerprint density at radius 1 is 1.08 bits per heavy atom. The van der Waals surface area contributed by atoms with Crippen molar-refractivity contribution >= 4 is 52.8 Å². The van der Waals surface area contributed by atoms with Gasteiger partial charge in [0.2, 0.25) is 11.8 Å². The molecule has 0 saturated carbocycles. The van der Waals surface area contributed by atoms with Gasteiger partial charge in [-0.2, -0.15) is 11.8 Å². The highest BCUT2D eigenvalue weighted by molar-refractivity contribution is 7.98. The van der Waals surface area contributed by atoms with Crippen LogP contribution in [0.1, 0.15) is 17.5 Å². The van der Waals surface area contributed by atoms with Gasteiger partial charge in [0.05, 0.1) is 23.1 Å². The van der Waals surface area contributed by atoms with E-state index in [9.17, 15) is 14.4 Å². The fraction of sp³-hybridized carbons (Fsp3) is 0.400. The maximum Gasteiger partial charge on any atom is 0.334 e. The van der Waals surface area contributed by atoms with Crippen molar-refractivity contribution in [3.8, 4) is 0 Å². The topological polar surface area (TPSA) is 76.2 Å². The summed E-state index contributed by atoms with van der Waals surface area (Å²) in [6.45, 7) is 0.856. The number of halogens is 2. The Morgan fingerprint density at radius 2 is 1.83 bits per heavy atom. The number of rotatable bonds is 7. The zero-order valence-electron chi connectivity index (χ0n) is 20.2. The van der Waals surface area contributed by atoms with Crippen LogP contribution in [0.5, 0.6) is 0 Å². The predicted octanol–water partition coefficient (Wildman–Crippen LogP) is 3.68. The number of hydrazine groups is 1. The number of piperazine rings is 1. The number of thioether (sulfide) groups is 1. The van der Waals surface area contributed by atoms with Crippen LogP contribution in [0, 0.1) is 0 Å². The number of carbonyl (C=O) groups is 3. The Kier molecular flexibility index (Phi) is 8.66. The average Bonchev–Trinajstić information content (AvgIpc) is 2.86. The van der Waals surface area contributed by atoms with Gasteiger partial charge in [-0.3, -0.25) is 9.59 Å². The molecule has 2 aliphatic rings. The third-order valence-corrected chi connectivity index (χ3v) is 7.77. The first-order valence-corrected chi connectivity index (χ1v) is 13.8. The number of amides is 4. The summed E-state index contributed by atoms with van der Waals surface area (Å²) in [4.78, 5) is 43.5. The molecule has 2 aromatic carbocycles. The predicted molar refractivity (Wildman–Crippen MR) is 142 cm³/mol. The highest BCUT2D eigenvalue weighted by Crippen LogP contribution is 2.30. The van der Waals surface area contributed by atoms with E-state index in [0.29, 0.717) is 35.3 Å². The van der Waals surface area contributed by atoms with Gasteiger partial charge in [0.1, 0.15) is 12.2 Å². The molecule has 4 amide bonds. The molecule has 8 nitrogen and oxygen atoms in total. The van der Waals surface area contributed by atoms with E-state index in [0.717, 1.165) is 11.1 Å². The maximum absolute atomic E-state index is 13.6. The second-order valence-electron chi connectivity index (χ2n) is 8.85. The van der Waals surface area contributed by atoms with Gasteiger partial charge in [-0.25, -0.2) is 14.8 Å². The van der Waals surface area contributed by atoms with Crippen molar-refractivity contribution in [2.24, 2.45) is 0 Å². The molecule has 192 valence electrons. The van der Waals surface area contributed by atoms with Crippen LogP contribution in [0.2, 0.25) is 10.0 Å². The summed E-state index contributed by atoms with van der Waals surface area (Å²) in [5.41, 5.74) is 1.79. The number of likely N-dealkylation sites (N-methyl/N-ethyl adjacent to an activating group) is 1. The molecule has 0 aliphatic carbocycles. The molecule has 0 unspecified atom stereocenters. The summed E-state index contributed by atoms with van der Waals surface area (Å²) >= 11 is 13.9. The SMILES string of the molecule is CSCC[C@H]1C(=O)N(Cc2ccc(Cl)c(Cl)c2)C[C@H]2N1C(=O)CN(C)N2C(=O)NCc1ccccc1. The molecular formula is C25H29Cl2N5O3S. The highest BCUT2D eigenvalue weighted by Gasteiger charge is 2.50. The first kappa shape index (κ1) is 26.6. The molecular weight excluding hydrogens is 521 g/mol. The normalized spacial score (nSPS) is 20.5. The standard InChI is InChI=1S/C25H29Cl2N5O3S/c1-29-16-23(33)31-21(10-11-36-2)24(34)30(14-18-8-9-19(26)20(27)12-18)15-22(31)32(29)25(35)28-13-17-6-4-3-5-7-17/h3-9,12,21-22H,10-11,13-16H2,1-2H3,(H,28,35)/t21-,22-/m0/s1. The summed E-state index contributed by atoms with van der Waals surface area (Å²) < 4.78 is 0. The molecule has 11 heteroatoms. The van der Waals surface area contributed by atoms with Crippen LogP contribution in [0.25, 0.3) is 0 Å². The summed E-state index contributed by atoms with van der Waals surface area (Å²) in [6.07, 6.45) is 1.84. The van der Waals surface area contributed by atoms with Gasteiger partial charge in [0.15, 0.2) is 0 Å². The lowest BCUT2D eigenvalue weighted by atomic mass is 10.0. The van der Waals surface area contributed by atoms with Crippen molar-refractivity contribution in [3.63, 3.8) is 0 Å². The quantitative estimate of drug-likeness (QED) is 0.570. The third-order valence-electron chi connectivity index (χ3n) is 6.39. The van der Waals surface area contributed by atoms with Crippen LogP contribution in [-0.4, -0.2) is 82.0 Å². The number of urea groups is 1. The fourth-order valence-corrected chi connectivity index (χ4v) is 5.45. The van der Waals surface area contributed by atoms with Crippen LogP contribution in [0.3, 0.4) is 0 Å². The molecule has 2 aliphatic heterocycles. The lowest BCUT2D eigenvalue weighted by molar-refractivity contribution is -0.187. The molecule has 2 saturated heterocycles.